The Balaban J connectivity index is 2.96. The molecule has 1 N–H and O–H groups in total. The van der Waals surface area contributed by atoms with Crippen LogP contribution in [0, 0.1) is 0 Å². The average molecular weight is 215 g/mol. The molecule has 0 heterocycles. The van der Waals surface area contributed by atoms with Gasteiger partial charge in [-0.1, -0.05) is 28.1 Å². The van der Waals surface area contributed by atoms with Crippen LogP contribution in [0.1, 0.15) is 10.4 Å². The number of rotatable bonds is 2. The second kappa shape index (κ2) is 3.64. The lowest BCUT2D eigenvalue weighted by atomic mass is 10.1. The Labute approximate surface area is 73.0 Å². The van der Waals surface area contributed by atoms with Gasteiger partial charge < -0.3 is 5.11 Å². The van der Waals surface area contributed by atoms with Crippen molar-refractivity contribution in [2.45, 2.75) is 0 Å². The molecule has 0 aliphatic carbocycles. The second-order valence-corrected chi connectivity index (χ2v) is 3.01. The lowest BCUT2D eigenvalue weighted by Gasteiger charge is -1.96. The van der Waals surface area contributed by atoms with Crippen LogP contribution in [0.4, 0.5) is 0 Å². The van der Waals surface area contributed by atoms with Gasteiger partial charge in [-0.15, -0.1) is 0 Å². The molecule has 0 unspecified atom stereocenters. The minimum Gasteiger partial charge on any atom is -0.388 e. The molecule has 0 spiro atoms. The number of Topliss-reactive ketones (excluding diaryl/α,β-unsaturated/α-hetero) is 1. The van der Waals surface area contributed by atoms with Gasteiger partial charge in [-0.05, 0) is 12.1 Å². The van der Waals surface area contributed by atoms with Crippen LogP contribution >= 0.6 is 15.9 Å². The zero-order chi connectivity index (χ0) is 8.27. The molecule has 0 atom stereocenters. The van der Waals surface area contributed by atoms with Crippen molar-refractivity contribution in [1.29, 1.82) is 0 Å². The first-order valence-electron chi connectivity index (χ1n) is 3.13. The predicted molar refractivity (Wildman–Crippen MR) is 45.6 cm³/mol. The average Bonchev–Trinajstić information content (AvgIpc) is 2.03. The predicted octanol–water partition coefficient (Wildman–Crippen LogP) is 1.62. The second-order valence-electron chi connectivity index (χ2n) is 2.09. The molecule has 0 amide bonds. The maximum Gasteiger partial charge on any atom is 0.188 e. The van der Waals surface area contributed by atoms with E-state index in [1.54, 1.807) is 18.2 Å². The first-order chi connectivity index (χ1) is 5.24. The van der Waals surface area contributed by atoms with E-state index in [0.29, 0.717) is 5.56 Å². The SMILES string of the molecule is O=C(CO)c1cccc(Br)c1. The standard InChI is InChI=1S/C8H7BrO2/c9-7-3-1-2-6(4-7)8(11)5-10/h1-4,10H,5H2. The third-order valence-electron chi connectivity index (χ3n) is 1.29. The van der Waals surface area contributed by atoms with Crippen LogP contribution in [0.25, 0.3) is 0 Å². The Hall–Kier alpha value is -0.670. The smallest absolute Gasteiger partial charge is 0.188 e. The summed E-state index contributed by atoms with van der Waals surface area (Å²) >= 11 is 3.23. The number of hydrogen-bond acceptors (Lipinski definition) is 2. The number of benzene rings is 1. The fraction of sp³-hybridized carbons (Fsp3) is 0.125. The molecule has 2 nitrogen and oxygen atoms in total. The van der Waals surface area contributed by atoms with Crippen molar-refractivity contribution >= 4 is 21.7 Å². The van der Waals surface area contributed by atoms with Crippen LogP contribution < -0.4 is 0 Å². The van der Waals surface area contributed by atoms with E-state index >= 15 is 0 Å². The van der Waals surface area contributed by atoms with Crippen molar-refractivity contribution in [2.75, 3.05) is 6.61 Å². The normalized spacial score (nSPS) is 9.64. The van der Waals surface area contributed by atoms with Gasteiger partial charge in [-0.3, -0.25) is 4.79 Å². The summed E-state index contributed by atoms with van der Waals surface area (Å²) in [6, 6.07) is 6.93. The summed E-state index contributed by atoms with van der Waals surface area (Å²) in [7, 11) is 0. The van der Waals surface area contributed by atoms with E-state index in [0.717, 1.165) is 4.47 Å². The van der Waals surface area contributed by atoms with E-state index in [1.807, 2.05) is 6.07 Å². The fourth-order valence-electron chi connectivity index (χ4n) is 0.753. The third-order valence-corrected chi connectivity index (χ3v) is 1.78. The van der Waals surface area contributed by atoms with Crippen molar-refractivity contribution in [3.63, 3.8) is 0 Å². The number of carbonyl (C=O) groups excluding carboxylic acids is 1. The first-order valence-corrected chi connectivity index (χ1v) is 3.93. The molecule has 0 aliphatic heterocycles. The van der Waals surface area contributed by atoms with E-state index in [9.17, 15) is 4.79 Å². The van der Waals surface area contributed by atoms with Gasteiger partial charge in [-0.25, -0.2) is 0 Å². The molecular weight excluding hydrogens is 208 g/mol. The van der Waals surface area contributed by atoms with Gasteiger partial charge in [0.05, 0.1) is 0 Å². The number of ketones is 1. The van der Waals surface area contributed by atoms with E-state index in [-0.39, 0.29) is 5.78 Å². The molecule has 1 aromatic rings. The van der Waals surface area contributed by atoms with Gasteiger partial charge in [0.2, 0.25) is 0 Å². The molecule has 0 fully saturated rings. The van der Waals surface area contributed by atoms with Crippen molar-refractivity contribution < 1.29 is 9.90 Å². The maximum atomic E-state index is 10.9. The summed E-state index contributed by atoms with van der Waals surface area (Å²) in [4.78, 5) is 10.9. The van der Waals surface area contributed by atoms with Crippen LogP contribution in [0.15, 0.2) is 28.7 Å². The quantitative estimate of drug-likeness (QED) is 0.761. The van der Waals surface area contributed by atoms with Crippen molar-refractivity contribution in [3.05, 3.63) is 34.3 Å². The van der Waals surface area contributed by atoms with Crippen LogP contribution in [-0.4, -0.2) is 17.5 Å². The van der Waals surface area contributed by atoms with E-state index in [4.69, 9.17) is 5.11 Å². The summed E-state index contributed by atoms with van der Waals surface area (Å²) in [5.41, 5.74) is 0.530. The van der Waals surface area contributed by atoms with Crippen molar-refractivity contribution in [1.82, 2.24) is 0 Å². The van der Waals surface area contributed by atoms with Crippen molar-refractivity contribution in [2.24, 2.45) is 0 Å². The molecule has 3 heteroatoms. The molecule has 0 bridgehead atoms. The molecule has 1 rings (SSSR count). The Bertz CT molecular complexity index is 271. The Morgan fingerprint density at radius 3 is 2.82 bits per heavy atom. The van der Waals surface area contributed by atoms with E-state index in [1.165, 1.54) is 0 Å². The van der Waals surface area contributed by atoms with Gasteiger partial charge in [0.15, 0.2) is 5.78 Å². The van der Waals surface area contributed by atoms with Crippen LogP contribution in [0.2, 0.25) is 0 Å². The summed E-state index contributed by atoms with van der Waals surface area (Å²) in [5, 5.41) is 8.51. The Kier molecular flexibility index (Phi) is 2.79. The minimum atomic E-state index is -0.434. The molecule has 0 aromatic heterocycles. The topological polar surface area (TPSA) is 37.3 Å². The molecule has 58 valence electrons. The minimum absolute atomic E-state index is 0.258. The molecular formula is C8H7BrO2. The summed E-state index contributed by atoms with van der Waals surface area (Å²) < 4.78 is 0.844. The molecule has 0 radical (unpaired) electrons. The van der Waals surface area contributed by atoms with E-state index < -0.39 is 6.61 Å². The van der Waals surface area contributed by atoms with Gasteiger partial charge in [0.25, 0.3) is 0 Å². The lowest BCUT2D eigenvalue weighted by molar-refractivity contribution is 0.0903. The first kappa shape index (κ1) is 8.43. The van der Waals surface area contributed by atoms with Gasteiger partial charge in [0, 0.05) is 10.0 Å². The summed E-state index contributed by atoms with van der Waals surface area (Å²) in [6.45, 7) is -0.434. The van der Waals surface area contributed by atoms with Crippen LogP contribution in [0.5, 0.6) is 0 Å². The number of halogens is 1. The molecule has 0 saturated carbocycles. The molecule has 11 heavy (non-hydrogen) atoms. The summed E-state index contributed by atoms with van der Waals surface area (Å²) in [6.07, 6.45) is 0. The summed E-state index contributed by atoms with van der Waals surface area (Å²) in [5.74, 6) is -0.258. The van der Waals surface area contributed by atoms with Crippen LogP contribution in [-0.2, 0) is 0 Å². The third kappa shape index (κ3) is 2.13. The largest absolute Gasteiger partial charge is 0.388 e. The highest BCUT2D eigenvalue weighted by Gasteiger charge is 2.02. The van der Waals surface area contributed by atoms with Gasteiger partial charge in [0.1, 0.15) is 6.61 Å². The highest BCUT2D eigenvalue weighted by Crippen LogP contribution is 2.11. The Morgan fingerprint density at radius 2 is 2.27 bits per heavy atom. The number of aliphatic hydroxyl groups excluding tert-OH is 1. The Morgan fingerprint density at radius 1 is 1.55 bits per heavy atom. The van der Waals surface area contributed by atoms with Crippen molar-refractivity contribution in [3.8, 4) is 0 Å². The molecule has 0 aliphatic rings. The zero-order valence-corrected chi connectivity index (χ0v) is 7.34. The highest BCUT2D eigenvalue weighted by atomic mass is 79.9. The highest BCUT2D eigenvalue weighted by molar-refractivity contribution is 9.10. The number of hydrogen-bond donors (Lipinski definition) is 1. The van der Waals surface area contributed by atoms with Crippen LogP contribution in [0.3, 0.4) is 0 Å². The number of carbonyl (C=O) groups is 1. The lowest BCUT2D eigenvalue weighted by Crippen LogP contribution is -2.03. The van der Waals surface area contributed by atoms with E-state index in [2.05, 4.69) is 15.9 Å². The fourth-order valence-corrected chi connectivity index (χ4v) is 1.15. The van der Waals surface area contributed by atoms with Gasteiger partial charge >= 0.3 is 0 Å². The zero-order valence-electron chi connectivity index (χ0n) is 5.75. The van der Waals surface area contributed by atoms with Gasteiger partial charge in [-0.2, -0.15) is 0 Å². The monoisotopic (exact) mass is 214 g/mol. The molecule has 0 saturated heterocycles. The number of aliphatic hydroxyl groups is 1. The maximum absolute atomic E-state index is 10.9. The molecule has 1 aromatic carbocycles.